The molecule has 0 radical (unpaired) electrons. The maximum Gasteiger partial charge on any atom is 0.319 e. The topological polar surface area (TPSA) is 95.5 Å². The molecule has 0 heterocycles. The molecule has 0 aromatic heterocycles. The van der Waals surface area contributed by atoms with Gasteiger partial charge >= 0.3 is 5.97 Å². The molecular weight excluding hydrogens is 304 g/mol. The molecule has 0 aliphatic heterocycles. The number of carbonyl (C=O) groups is 3. The van der Waals surface area contributed by atoms with Crippen LogP contribution in [0.3, 0.4) is 0 Å². The van der Waals surface area contributed by atoms with Crippen molar-refractivity contribution in [3.63, 3.8) is 0 Å². The van der Waals surface area contributed by atoms with Gasteiger partial charge in [0.15, 0.2) is 0 Å². The minimum atomic E-state index is -1.27. The summed E-state index contributed by atoms with van der Waals surface area (Å²) >= 11 is 4.10. The van der Waals surface area contributed by atoms with Crippen LogP contribution >= 0.6 is 12.6 Å². The Kier molecular flexibility index (Phi) is 7.93. The Balaban J connectivity index is 4.25. The number of rotatable bonds is 9. The molecule has 22 heavy (non-hydrogen) atoms. The zero-order valence-corrected chi connectivity index (χ0v) is 14.9. The predicted octanol–water partition coefficient (Wildman–Crippen LogP) is 1.45. The number of aliphatic carboxylic acids is 1. The van der Waals surface area contributed by atoms with Crippen molar-refractivity contribution < 1.29 is 19.5 Å². The lowest BCUT2D eigenvalue weighted by atomic mass is 9.82. The summed E-state index contributed by atoms with van der Waals surface area (Å²) in [6, 6.07) is 0. The van der Waals surface area contributed by atoms with Crippen LogP contribution in [0.5, 0.6) is 0 Å². The molecular formula is C15H28N2O4S. The Labute approximate surface area is 137 Å². The average molecular weight is 332 g/mol. The second-order valence-electron chi connectivity index (χ2n) is 6.84. The number of carboxylic acids is 1. The van der Waals surface area contributed by atoms with Crippen LogP contribution in [0.1, 0.15) is 47.5 Å². The molecule has 1 atom stereocenters. The summed E-state index contributed by atoms with van der Waals surface area (Å²) in [4.78, 5) is 34.7. The van der Waals surface area contributed by atoms with Gasteiger partial charge in [0.05, 0.1) is 0 Å². The van der Waals surface area contributed by atoms with Crippen LogP contribution < -0.4 is 10.6 Å². The van der Waals surface area contributed by atoms with Crippen LogP contribution in [0.25, 0.3) is 0 Å². The van der Waals surface area contributed by atoms with Gasteiger partial charge in [-0.2, -0.15) is 12.6 Å². The van der Waals surface area contributed by atoms with Gasteiger partial charge in [-0.25, -0.2) is 0 Å². The highest BCUT2D eigenvalue weighted by Gasteiger charge is 2.39. The molecule has 128 valence electrons. The molecule has 0 rings (SSSR count). The van der Waals surface area contributed by atoms with Gasteiger partial charge in [-0.15, -0.1) is 0 Å². The van der Waals surface area contributed by atoms with E-state index in [1.165, 1.54) is 6.92 Å². The minimum absolute atomic E-state index is 0.0441. The lowest BCUT2D eigenvalue weighted by Gasteiger charge is -2.30. The summed E-state index contributed by atoms with van der Waals surface area (Å²) in [5.74, 6) is -1.07. The Bertz CT molecular complexity index is 420. The van der Waals surface area contributed by atoms with Crippen molar-refractivity contribution in [1.29, 1.82) is 0 Å². The molecule has 0 saturated carbocycles. The number of thiol groups is 1. The van der Waals surface area contributed by atoms with Crippen LogP contribution in [-0.2, 0) is 14.4 Å². The van der Waals surface area contributed by atoms with Gasteiger partial charge < -0.3 is 15.7 Å². The quantitative estimate of drug-likeness (QED) is 0.380. The molecule has 0 spiro atoms. The van der Waals surface area contributed by atoms with E-state index in [1.54, 1.807) is 13.8 Å². The highest BCUT2D eigenvalue weighted by Crippen LogP contribution is 2.32. The van der Waals surface area contributed by atoms with Crippen molar-refractivity contribution >= 4 is 30.4 Å². The molecule has 0 aromatic carbocycles. The minimum Gasteiger partial charge on any atom is -0.480 e. The Morgan fingerprint density at radius 2 is 1.59 bits per heavy atom. The van der Waals surface area contributed by atoms with E-state index < -0.39 is 16.1 Å². The predicted molar refractivity (Wildman–Crippen MR) is 88.9 cm³/mol. The number of carboxylic acid groups (broad SMARTS) is 1. The fourth-order valence-electron chi connectivity index (χ4n) is 2.08. The maximum atomic E-state index is 12.1. The molecule has 7 heteroatoms. The van der Waals surface area contributed by atoms with Gasteiger partial charge in [0.25, 0.3) is 0 Å². The van der Waals surface area contributed by atoms with E-state index in [9.17, 15) is 14.4 Å². The maximum absolute atomic E-state index is 12.1. The number of amides is 2. The van der Waals surface area contributed by atoms with E-state index in [1.807, 2.05) is 13.8 Å². The highest BCUT2D eigenvalue weighted by molar-refractivity contribution is 7.82. The van der Waals surface area contributed by atoms with E-state index in [4.69, 9.17) is 5.11 Å². The van der Waals surface area contributed by atoms with Crippen molar-refractivity contribution in [2.45, 2.75) is 52.2 Å². The van der Waals surface area contributed by atoms with Crippen molar-refractivity contribution in [3.8, 4) is 0 Å². The number of carbonyl (C=O) groups excluding carboxylic acids is 2. The zero-order valence-electron chi connectivity index (χ0n) is 14.0. The molecule has 0 saturated heterocycles. The van der Waals surface area contributed by atoms with Gasteiger partial charge in [0.1, 0.15) is 4.75 Å². The standard InChI is InChI=1S/C15H28N2O4S/c1-10(2)8-11(18)16-6-7-17-12(19)14(3,4)9-15(5,22)13(20)21/h10,22H,6-9H2,1-5H3,(H,16,18)(H,17,19)(H,20,21). The molecule has 6 nitrogen and oxygen atoms in total. The lowest BCUT2D eigenvalue weighted by molar-refractivity contribution is -0.141. The van der Waals surface area contributed by atoms with E-state index in [2.05, 4.69) is 23.3 Å². The summed E-state index contributed by atoms with van der Waals surface area (Å²) in [6.45, 7) is 9.41. The van der Waals surface area contributed by atoms with Gasteiger partial charge in [-0.1, -0.05) is 27.7 Å². The number of nitrogens with one attached hydrogen (secondary N) is 2. The third-order valence-corrected chi connectivity index (χ3v) is 3.54. The second-order valence-corrected chi connectivity index (χ2v) is 7.83. The summed E-state index contributed by atoms with van der Waals surface area (Å²) in [7, 11) is 0. The van der Waals surface area contributed by atoms with Crippen molar-refractivity contribution in [2.24, 2.45) is 11.3 Å². The third kappa shape index (κ3) is 7.68. The smallest absolute Gasteiger partial charge is 0.319 e. The molecule has 0 aromatic rings. The van der Waals surface area contributed by atoms with Gasteiger partial charge in [0, 0.05) is 24.9 Å². The Morgan fingerprint density at radius 3 is 2.05 bits per heavy atom. The summed E-state index contributed by atoms with van der Waals surface area (Å²) in [5, 5.41) is 14.5. The van der Waals surface area contributed by atoms with Crippen LogP contribution in [0.15, 0.2) is 0 Å². The molecule has 0 aliphatic rings. The second kappa shape index (κ2) is 8.41. The highest BCUT2D eigenvalue weighted by atomic mass is 32.1. The monoisotopic (exact) mass is 332 g/mol. The van der Waals surface area contributed by atoms with E-state index in [-0.39, 0.29) is 24.2 Å². The van der Waals surface area contributed by atoms with Crippen LogP contribution in [0, 0.1) is 11.3 Å². The summed E-state index contributed by atoms with van der Waals surface area (Å²) in [5.41, 5.74) is -0.864. The van der Waals surface area contributed by atoms with Crippen LogP contribution in [-0.4, -0.2) is 40.7 Å². The third-order valence-electron chi connectivity index (χ3n) is 3.19. The van der Waals surface area contributed by atoms with Gasteiger partial charge in [0.2, 0.25) is 11.8 Å². The SMILES string of the molecule is CC(C)CC(=O)NCCNC(=O)C(C)(C)CC(C)(S)C(=O)O. The first kappa shape index (κ1) is 20.8. The van der Waals surface area contributed by atoms with Crippen LogP contribution in [0.4, 0.5) is 0 Å². The summed E-state index contributed by atoms with van der Waals surface area (Å²) in [6.07, 6.45) is 0.556. The normalized spacial score (nSPS) is 14.3. The molecule has 1 unspecified atom stereocenters. The van der Waals surface area contributed by atoms with Crippen molar-refractivity contribution in [2.75, 3.05) is 13.1 Å². The van der Waals surface area contributed by atoms with Crippen molar-refractivity contribution in [3.05, 3.63) is 0 Å². The zero-order chi connectivity index (χ0) is 17.6. The largest absolute Gasteiger partial charge is 0.480 e. The number of hydrogen-bond acceptors (Lipinski definition) is 4. The fourth-order valence-corrected chi connectivity index (χ4v) is 2.47. The van der Waals surface area contributed by atoms with E-state index >= 15 is 0 Å². The Morgan fingerprint density at radius 1 is 1.09 bits per heavy atom. The molecule has 3 N–H and O–H groups in total. The van der Waals surface area contributed by atoms with Crippen LogP contribution in [0.2, 0.25) is 0 Å². The van der Waals surface area contributed by atoms with E-state index in [0.29, 0.717) is 19.5 Å². The fraction of sp³-hybridized carbons (Fsp3) is 0.800. The first-order chi connectivity index (χ1) is 9.88. The van der Waals surface area contributed by atoms with E-state index in [0.717, 1.165) is 0 Å². The lowest BCUT2D eigenvalue weighted by Crippen LogP contribution is -2.45. The van der Waals surface area contributed by atoms with Crippen molar-refractivity contribution in [1.82, 2.24) is 10.6 Å². The first-order valence-corrected chi connectivity index (χ1v) is 7.84. The molecule has 2 amide bonds. The Hall–Kier alpha value is -1.24. The van der Waals surface area contributed by atoms with Gasteiger partial charge in [-0.3, -0.25) is 14.4 Å². The number of hydrogen-bond donors (Lipinski definition) is 4. The molecule has 0 aliphatic carbocycles. The van der Waals surface area contributed by atoms with Gasteiger partial charge in [-0.05, 0) is 19.3 Å². The average Bonchev–Trinajstić information content (AvgIpc) is 2.31. The molecule has 0 bridgehead atoms. The summed E-state index contributed by atoms with van der Waals surface area (Å²) < 4.78 is -1.27. The molecule has 0 fully saturated rings. The first-order valence-electron chi connectivity index (χ1n) is 7.39.